The van der Waals surface area contributed by atoms with Crippen molar-refractivity contribution in [1.82, 2.24) is 19.1 Å². The number of hydrogen-bond acceptors (Lipinski definition) is 4. The van der Waals surface area contributed by atoms with Gasteiger partial charge in [-0.2, -0.15) is 10.5 Å². The molecule has 0 bridgehead atoms. The number of aromatic nitrogens is 4. The van der Waals surface area contributed by atoms with Crippen molar-refractivity contribution < 1.29 is 0 Å². The fourth-order valence-electron chi connectivity index (χ4n) is 6.46. The van der Waals surface area contributed by atoms with Crippen LogP contribution in [0.4, 0.5) is 0 Å². The summed E-state index contributed by atoms with van der Waals surface area (Å²) in [6.07, 6.45) is 8.97. The summed E-state index contributed by atoms with van der Waals surface area (Å²) in [5.74, 6) is 0. The summed E-state index contributed by atoms with van der Waals surface area (Å²) >= 11 is 13.1. The number of nitriles is 2. The second-order valence-electron chi connectivity index (χ2n) is 13.3. The lowest BCUT2D eigenvalue weighted by Gasteiger charge is -2.11. The smallest absolute Gasteiger partial charge is 0.0991 e. The fraction of sp³-hybridized carbons (Fsp3) is 0.0833. The quantitative estimate of drug-likeness (QED) is 0.139. The molecule has 56 heavy (non-hydrogen) atoms. The van der Waals surface area contributed by atoms with Gasteiger partial charge >= 0.3 is 0 Å². The molecule has 0 saturated heterocycles. The second kappa shape index (κ2) is 18.1. The van der Waals surface area contributed by atoms with Crippen LogP contribution in [0.2, 0.25) is 10.0 Å². The Kier molecular flexibility index (Phi) is 12.1. The molecular weight excluding hydrogens is 731 g/mol. The molecule has 0 aliphatic carbocycles. The van der Waals surface area contributed by atoms with E-state index in [9.17, 15) is 0 Å². The normalized spacial score (nSPS) is 10.6. The summed E-state index contributed by atoms with van der Waals surface area (Å²) in [7, 11) is 0. The van der Waals surface area contributed by atoms with Gasteiger partial charge in [0.1, 0.15) is 0 Å². The lowest BCUT2D eigenvalue weighted by molar-refractivity contribution is 0.753. The van der Waals surface area contributed by atoms with E-state index in [2.05, 4.69) is 79.8 Å². The van der Waals surface area contributed by atoms with Gasteiger partial charge < -0.3 is 9.13 Å². The van der Waals surface area contributed by atoms with Crippen LogP contribution in [-0.4, -0.2) is 19.1 Å². The molecule has 8 aromatic rings. The molecule has 8 rings (SSSR count). The SMILES string of the molecule is N#Cc1ccc(Cc2cncn2Cc2ccc(-c3ccccc3)c(Cl)c2)cc1.N#Cc1ccc(Cc2cncn2Cc2ccc(-c3ccccc3)cc2Cl)cc1. The molecule has 8 heteroatoms. The number of imidazole rings is 2. The van der Waals surface area contributed by atoms with Crippen LogP contribution in [0.5, 0.6) is 0 Å². The molecular formula is C48H36Cl2N6. The predicted molar refractivity (Wildman–Crippen MR) is 224 cm³/mol. The first kappa shape index (κ1) is 37.6. The van der Waals surface area contributed by atoms with Gasteiger partial charge in [-0.1, -0.05) is 132 Å². The minimum atomic E-state index is 0.666. The third kappa shape index (κ3) is 9.50. The van der Waals surface area contributed by atoms with Gasteiger partial charge in [-0.3, -0.25) is 0 Å². The van der Waals surface area contributed by atoms with E-state index in [0.29, 0.717) is 24.2 Å². The molecule has 6 nitrogen and oxygen atoms in total. The Labute approximate surface area is 337 Å². The summed E-state index contributed by atoms with van der Waals surface area (Å²) in [6, 6.07) is 52.4. The van der Waals surface area contributed by atoms with E-state index in [4.69, 9.17) is 33.7 Å². The van der Waals surface area contributed by atoms with Crippen LogP contribution in [0, 0.1) is 22.7 Å². The molecule has 0 unspecified atom stereocenters. The Bertz CT molecular complexity index is 2610. The van der Waals surface area contributed by atoms with Crippen molar-refractivity contribution >= 4 is 23.2 Å². The molecule has 0 N–H and O–H groups in total. The molecule has 2 aromatic heterocycles. The maximum Gasteiger partial charge on any atom is 0.0991 e. The Morgan fingerprint density at radius 1 is 0.482 bits per heavy atom. The molecule has 0 fully saturated rings. The molecule has 272 valence electrons. The summed E-state index contributed by atoms with van der Waals surface area (Å²) < 4.78 is 4.24. The Morgan fingerprint density at radius 2 is 1.00 bits per heavy atom. The molecule has 0 atom stereocenters. The summed E-state index contributed by atoms with van der Waals surface area (Å²) in [5, 5.41) is 19.4. The fourth-order valence-corrected chi connectivity index (χ4v) is 7.02. The molecule has 0 amide bonds. The number of halogens is 2. The molecule has 0 aliphatic rings. The van der Waals surface area contributed by atoms with Crippen LogP contribution >= 0.6 is 23.2 Å². The van der Waals surface area contributed by atoms with Gasteiger partial charge in [0.25, 0.3) is 0 Å². The first-order valence-corrected chi connectivity index (χ1v) is 18.8. The number of hydrogen-bond donors (Lipinski definition) is 0. The third-order valence-electron chi connectivity index (χ3n) is 9.51. The summed E-state index contributed by atoms with van der Waals surface area (Å²) in [4.78, 5) is 8.62. The van der Waals surface area contributed by atoms with E-state index in [-0.39, 0.29) is 0 Å². The van der Waals surface area contributed by atoms with E-state index in [1.54, 1.807) is 0 Å². The zero-order valence-corrected chi connectivity index (χ0v) is 31.9. The van der Waals surface area contributed by atoms with Crippen LogP contribution < -0.4 is 0 Å². The maximum atomic E-state index is 8.94. The monoisotopic (exact) mass is 766 g/mol. The van der Waals surface area contributed by atoms with E-state index in [1.807, 2.05) is 122 Å². The van der Waals surface area contributed by atoms with Gasteiger partial charge in [0.05, 0.1) is 42.5 Å². The zero-order valence-electron chi connectivity index (χ0n) is 30.4. The van der Waals surface area contributed by atoms with Crippen LogP contribution in [0.1, 0.15) is 44.8 Å². The van der Waals surface area contributed by atoms with Crippen molar-refractivity contribution in [3.05, 3.63) is 225 Å². The average Bonchev–Trinajstić information content (AvgIpc) is 3.88. The van der Waals surface area contributed by atoms with Gasteiger partial charge in [-0.05, 0) is 75.3 Å². The maximum absolute atomic E-state index is 8.94. The number of nitrogens with zero attached hydrogens (tertiary/aromatic N) is 6. The summed E-state index contributed by atoms with van der Waals surface area (Å²) in [6.45, 7) is 1.37. The van der Waals surface area contributed by atoms with Crippen molar-refractivity contribution in [2.24, 2.45) is 0 Å². The van der Waals surface area contributed by atoms with Crippen LogP contribution in [-0.2, 0) is 25.9 Å². The Hall–Kier alpha value is -6.70. The van der Waals surface area contributed by atoms with Crippen molar-refractivity contribution in [1.29, 1.82) is 10.5 Å². The minimum Gasteiger partial charge on any atom is -0.330 e. The minimum absolute atomic E-state index is 0.666. The van der Waals surface area contributed by atoms with Crippen LogP contribution in [0.25, 0.3) is 22.3 Å². The zero-order chi connectivity index (χ0) is 38.7. The van der Waals surface area contributed by atoms with Gasteiger partial charge in [0.2, 0.25) is 0 Å². The van der Waals surface area contributed by atoms with Crippen molar-refractivity contribution in [3.63, 3.8) is 0 Å². The predicted octanol–water partition coefficient (Wildman–Crippen LogP) is 11.4. The second-order valence-corrected chi connectivity index (χ2v) is 14.2. The Morgan fingerprint density at radius 3 is 1.52 bits per heavy atom. The lowest BCUT2D eigenvalue weighted by Crippen LogP contribution is -2.04. The Balaban J connectivity index is 0.000000172. The van der Waals surface area contributed by atoms with Crippen molar-refractivity contribution in [2.45, 2.75) is 25.9 Å². The van der Waals surface area contributed by atoms with Gasteiger partial charge in [0.15, 0.2) is 0 Å². The number of benzene rings is 6. The lowest BCUT2D eigenvalue weighted by atomic mass is 10.0. The van der Waals surface area contributed by atoms with Crippen LogP contribution in [0.3, 0.4) is 0 Å². The summed E-state index contributed by atoms with van der Waals surface area (Å²) in [5.41, 5.74) is 12.5. The van der Waals surface area contributed by atoms with Gasteiger partial charge in [-0.25, -0.2) is 9.97 Å². The van der Waals surface area contributed by atoms with E-state index < -0.39 is 0 Å². The van der Waals surface area contributed by atoms with Gasteiger partial charge in [0, 0.05) is 58.8 Å². The number of rotatable bonds is 10. The molecule has 6 aromatic carbocycles. The highest BCUT2D eigenvalue weighted by molar-refractivity contribution is 6.33. The van der Waals surface area contributed by atoms with Crippen LogP contribution in [0.15, 0.2) is 171 Å². The van der Waals surface area contributed by atoms with Crippen molar-refractivity contribution in [2.75, 3.05) is 0 Å². The van der Waals surface area contributed by atoms with Crippen molar-refractivity contribution in [3.8, 4) is 34.4 Å². The van der Waals surface area contributed by atoms with Gasteiger partial charge in [-0.15, -0.1) is 0 Å². The standard InChI is InChI=1S/2C24H18ClN3/c25-24-13-20(10-11-23(24)21-4-2-1-3-5-21)16-28-17-27-15-22(28)12-18-6-8-19(14-26)9-7-18;25-24-13-21(20-4-2-1-3-5-20)10-11-22(24)16-28-17-27-15-23(28)12-18-6-8-19(14-26)9-7-18/h2*1-11,13,15,17H,12,16H2. The average molecular weight is 768 g/mol. The highest BCUT2D eigenvalue weighted by Gasteiger charge is 2.10. The molecule has 0 spiro atoms. The third-order valence-corrected chi connectivity index (χ3v) is 10.2. The topological polar surface area (TPSA) is 83.2 Å². The first-order valence-electron chi connectivity index (χ1n) is 18.1. The molecule has 0 saturated carbocycles. The molecule has 2 heterocycles. The van der Waals surface area contributed by atoms with E-state index >= 15 is 0 Å². The first-order chi connectivity index (χ1) is 27.4. The van der Waals surface area contributed by atoms with E-state index in [1.165, 1.54) is 0 Å². The molecule has 0 aliphatic heterocycles. The van der Waals surface area contributed by atoms with E-state index in [0.717, 1.165) is 78.8 Å². The molecule has 0 radical (unpaired) electrons. The highest BCUT2D eigenvalue weighted by Crippen LogP contribution is 2.29. The highest BCUT2D eigenvalue weighted by atomic mass is 35.5. The largest absolute Gasteiger partial charge is 0.330 e.